The van der Waals surface area contributed by atoms with Crippen molar-refractivity contribution in [3.05, 3.63) is 35.1 Å². The number of hydrogen-bond acceptors (Lipinski definition) is 6. The maximum Gasteiger partial charge on any atom is 0.288 e. The Hall–Kier alpha value is -1.45. The number of nitrogens with two attached hydrogens (primary N) is 1. The Balaban J connectivity index is 2.30. The lowest BCUT2D eigenvalue weighted by atomic mass is 10.3. The average molecular weight is 362 g/mol. The molecule has 0 fully saturated rings. The van der Waals surface area contributed by atoms with Crippen molar-refractivity contribution in [2.24, 2.45) is 5.84 Å². The molecule has 0 saturated carbocycles. The molecule has 0 radical (unpaired) electrons. The number of nitrogens with zero attached hydrogens (tertiary/aromatic N) is 2. The van der Waals surface area contributed by atoms with Gasteiger partial charge in [-0.1, -0.05) is 23.9 Å². The van der Waals surface area contributed by atoms with Crippen molar-refractivity contribution in [1.82, 2.24) is 9.97 Å². The molecule has 4 N–H and O–H groups in total. The lowest BCUT2D eigenvalue weighted by Gasteiger charge is -2.12. The molecule has 1 heterocycles. The molecular weight excluding hydrogens is 352 g/mol. The zero-order valence-electron chi connectivity index (χ0n) is 9.98. The summed E-state index contributed by atoms with van der Waals surface area (Å²) in [5, 5.41) is 2.97. The number of benzene rings is 1. The highest BCUT2D eigenvalue weighted by atomic mass is 79.9. The van der Waals surface area contributed by atoms with Gasteiger partial charge in [-0.15, -0.1) is 0 Å². The molecule has 0 aliphatic carbocycles. The maximum atomic E-state index is 12.5. The first kappa shape index (κ1) is 14.9. The van der Waals surface area contributed by atoms with E-state index in [-0.39, 0.29) is 0 Å². The monoisotopic (exact) mass is 361 g/mol. The molecule has 0 aliphatic rings. The number of hydrogen-bond donors (Lipinski definition) is 3. The van der Waals surface area contributed by atoms with Crippen LogP contribution in [0.3, 0.4) is 0 Å². The van der Waals surface area contributed by atoms with Crippen LogP contribution in [-0.2, 0) is 0 Å². The number of rotatable bonds is 5. The summed E-state index contributed by atoms with van der Waals surface area (Å²) in [7, 11) is 0. The van der Waals surface area contributed by atoms with Gasteiger partial charge in [0.1, 0.15) is 16.6 Å². The first-order valence-corrected chi connectivity index (χ1v) is 7.07. The number of aromatic nitrogens is 2. The molecule has 1 aromatic carbocycles. The predicted octanol–water partition coefficient (Wildman–Crippen LogP) is 3.58. The Morgan fingerprint density at radius 2 is 1.90 bits per heavy atom. The zero-order valence-corrected chi connectivity index (χ0v) is 12.4. The van der Waals surface area contributed by atoms with Crippen LogP contribution in [0.25, 0.3) is 0 Å². The molecule has 0 bridgehead atoms. The van der Waals surface area contributed by atoms with Gasteiger partial charge in [0.25, 0.3) is 5.76 Å². The summed E-state index contributed by atoms with van der Waals surface area (Å²) in [4.78, 5) is 8.38. The third kappa shape index (κ3) is 3.56. The summed E-state index contributed by atoms with van der Waals surface area (Å²) in [6.07, 6.45) is 1.31. The van der Waals surface area contributed by atoms with Gasteiger partial charge in [-0.3, -0.25) is 0 Å². The molecule has 9 heteroatoms. The minimum absolute atomic E-state index is 0.390. The van der Waals surface area contributed by atoms with Crippen molar-refractivity contribution in [3.63, 3.8) is 0 Å². The van der Waals surface area contributed by atoms with Crippen molar-refractivity contribution >= 4 is 45.0 Å². The summed E-state index contributed by atoms with van der Waals surface area (Å²) < 4.78 is 25.5. The van der Waals surface area contributed by atoms with Crippen molar-refractivity contribution in [2.45, 2.75) is 10.7 Å². The van der Waals surface area contributed by atoms with Crippen LogP contribution in [0.5, 0.6) is 0 Å². The summed E-state index contributed by atoms with van der Waals surface area (Å²) in [6, 6.07) is 6.73. The van der Waals surface area contributed by atoms with Gasteiger partial charge in [-0.05, 0) is 28.1 Å². The molecule has 0 unspecified atom stereocenters. The number of alkyl halides is 2. The van der Waals surface area contributed by atoms with Crippen LogP contribution in [0.15, 0.2) is 40.0 Å². The van der Waals surface area contributed by atoms with Gasteiger partial charge < -0.3 is 10.7 Å². The van der Waals surface area contributed by atoms with E-state index in [1.807, 2.05) is 0 Å². The van der Waals surface area contributed by atoms with E-state index in [1.165, 1.54) is 6.33 Å². The highest BCUT2D eigenvalue weighted by Crippen LogP contribution is 2.35. The summed E-state index contributed by atoms with van der Waals surface area (Å²) in [6.45, 7) is 0. The molecule has 5 nitrogen and oxygen atoms in total. The Kier molecular flexibility index (Phi) is 5.10. The third-order valence-corrected chi connectivity index (χ3v) is 3.82. The van der Waals surface area contributed by atoms with Gasteiger partial charge in [-0.25, -0.2) is 15.8 Å². The fourth-order valence-corrected chi connectivity index (χ4v) is 2.47. The fourth-order valence-electron chi connectivity index (χ4n) is 1.45. The van der Waals surface area contributed by atoms with Crippen LogP contribution >= 0.6 is 27.7 Å². The van der Waals surface area contributed by atoms with Gasteiger partial charge in [0.2, 0.25) is 0 Å². The van der Waals surface area contributed by atoms with Crippen LogP contribution in [0.1, 0.15) is 0 Å². The Labute approximate surface area is 126 Å². The molecule has 20 heavy (non-hydrogen) atoms. The molecule has 0 amide bonds. The zero-order chi connectivity index (χ0) is 14.5. The van der Waals surface area contributed by atoms with Crippen molar-refractivity contribution in [3.8, 4) is 0 Å². The third-order valence-electron chi connectivity index (χ3n) is 2.28. The van der Waals surface area contributed by atoms with E-state index in [4.69, 9.17) is 5.84 Å². The predicted molar refractivity (Wildman–Crippen MR) is 79.1 cm³/mol. The molecular formula is C11H10BrF2N5S. The molecule has 0 atom stereocenters. The summed E-state index contributed by atoms with van der Waals surface area (Å²) in [5.41, 5.74) is 2.93. The largest absolute Gasteiger partial charge is 0.338 e. The van der Waals surface area contributed by atoms with E-state index < -0.39 is 5.76 Å². The molecule has 106 valence electrons. The highest BCUT2D eigenvalue weighted by Gasteiger charge is 2.12. The highest BCUT2D eigenvalue weighted by molar-refractivity contribution is 9.10. The normalized spacial score (nSPS) is 10.7. The van der Waals surface area contributed by atoms with E-state index in [1.54, 1.807) is 24.3 Å². The number of anilines is 3. The van der Waals surface area contributed by atoms with Crippen LogP contribution in [-0.4, -0.2) is 15.7 Å². The second kappa shape index (κ2) is 6.82. The van der Waals surface area contributed by atoms with Crippen molar-refractivity contribution < 1.29 is 8.78 Å². The fraction of sp³-hybridized carbons (Fsp3) is 0.0909. The quantitative estimate of drug-likeness (QED) is 0.429. The van der Waals surface area contributed by atoms with Crippen LogP contribution < -0.4 is 16.6 Å². The lowest BCUT2D eigenvalue weighted by Crippen LogP contribution is -2.10. The van der Waals surface area contributed by atoms with Crippen molar-refractivity contribution in [2.75, 3.05) is 10.7 Å². The number of nitrogen functional groups attached to an aromatic ring is 1. The standard InChI is InChI=1S/C11H10BrF2N5S/c12-8-9(16-5-17-10(8)19-15)18-6-3-1-2-4-7(6)20-11(13)14/h1-5,11H,15H2,(H2,16,17,18,19). The minimum atomic E-state index is -2.49. The molecule has 2 rings (SSSR count). The van der Waals surface area contributed by atoms with Crippen LogP contribution in [0, 0.1) is 0 Å². The maximum absolute atomic E-state index is 12.5. The number of hydrazine groups is 1. The molecule has 0 spiro atoms. The Morgan fingerprint density at radius 3 is 2.60 bits per heavy atom. The van der Waals surface area contributed by atoms with Gasteiger partial charge in [0, 0.05) is 4.90 Å². The first-order valence-electron chi connectivity index (χ1n) is 5.39. The van der Waals surface area contributed by atoms with E-state index in [2.05, 4.69) is 36.6 Å². The summed E-state index contributed by atoms with van der Waals surface area (Å²) in [5.74, 6) is 3.63. The number of nitrogens with one attached hydrogen (secondary N) is 2. The second-order valence-corrected chi connectivity index (χ2v) is 5.35. The van der Waals surface area contributed by atoms with Gasteiger partial charge in [-0.2, -0.15) is 8.78 Å². The van der Waals surface area contributed by atoms with Crippen molar-refractivity contribution in [1.29, 1.82) is 0 Å². The Morgan fingerprint density at radius 1 is 1.20 bits per heavy atom. The van der Waals surface area contributed by atoms with Gasteiger partial charge in [0.15, 0.2) is 5.82 Å². The topological polar surface area (TPSA) is 75.9 Å². The first-order chi connectivity index (χ1) is 9.61. The summed E-state index contributed by atoms with van der Waals surface area (Å²) >= 11 is 3.75. The van der Waals surface area contributed by atoms with E-state index in [0.29, 0.717) is 38.5 Å². The molecule has 1 aromatic heterocycles. The van der Waals surface area contributed by atoms with Crippen LogP contribution in [0.2, 0.25) is 0 Å². The average Bonchev–Trinajstić information content (AvgIpc) is 2.42. The minimum Gasteiger partial charge on any atom is -0.338 e. The van der Waals surface area contributed by atoms with Gasteiger partial charge in [0.05, 0.1) is 5.69 Å². The lowest BCUT2D eigenvalue weighted by molar-refractivity contribution is 0.252. The SMILES string of the molecule is NNc1ncnc(Nc2ccccc2SC(F)F)c1Br. The number of thioether (sulfide) groups is 1. The van der Waals surface area contributed by atoms with E-state index in [9.17, 15) is 8.78 Å². The Bertz CT molecular complexity index is 599. The van der Waals surface area contributed by atoms with Crippen LogP contribution in [0.4, 0.5) is 26.1 Å². The number of halogens is 3. The van der Waals surface area contributed by atoms with E-state index >= 15 is 0 Å². The van der Waals surface area contributed by atoms with E-state index in [0.717, 1.165) is 0 Å². The molecule has 2 aromatic rings. The number of para-hydroxylation sites is 1. The molecule has 0 aliphatic heterocycles. The van der Waals surface area contributed by atoms with Gasteiger partial charge >= 0.3 is 0 Å². The second-order valence-electron chi connectivity index (χ2n) is 3.53. The molecule has 0 saturated heterocycles. The smallest absolute Gasteiger partial charge is 0.288 e.